The Morgan fingerprint density at radius 3 is 2.18 bits per heavy atom. The number of likely N-dealkylation sites (N-methyl/N-ethyl adjacent to an activating group) is 1. The molecule has 22 heavy (non-hydrogen) atoms. The van der Waals surface area contributed by atoms with Gasteiger partial charge in [0.15, 0.2) is 0 Å². The Kier molecular flexibility index (Phi) is 5.46. The predicted octanol–water partition coefficient (Wildman–Crippen LogP) is 4.19. The van der Waals surface area contributed by atoms with Crippen molar-refractivity contribution >= 4 is 29.1 Å². The van der Waals surface area contributed by atoms with Gasteiger partial charge in [0.25, 0.3) is 5.91 Å². The second kappa shape index (κ2) is 7.14. The molecule has 0 aliphatic carbocycles. The van der Waals surface area contributed by atoms with Crippen molar-refractivity contribution in [2.24, 2.45) is 0 Å². The zero-order valence-electron chi connectivity index (χ0n) is 12.3. The molecule has 0 radical (unpaired) electrons. The molecule has 2 aromatic rings. The number of amides is 1. The summed E-state index contributed by atoms with van der Waals surface area (Å²) in [4.78, 5) is 14.0. The molecule has 0 saturated heterocycles. The highest BCUT2D eigenvalue weighted by molar-refractivity contribution is 6.35. The van der Waals surface area contributed by atoms with E-state index in [1.54, 1.807) is 32.2 Å². The molecule has 2 unspecified atom stereocenters. The van der Waals surface area contributed by atoms with Gasteiger partial charge in [-0.3, -0.25) is 4.79 Å². The number of nitrogens with zero attached hydrogens (tertiary/aromatic N) is 1. The summed E-state index contributed by atoms with van der Waals surface area (Å²) in [6, 6.07) is 13.5. The monoisotopic (exact) mass is 337 g/mol. The van der Waals surface area contributed by atoms with Gasteiger partial charge in [0.2, 0.25) is 0 Å². The quantitative estimate of drug-likeness (QED) is 0.908. The van der Waals surface area contributed by atoms with Gasteiger partial charge in [0, 0.05) is 22.7 Å². The maximum Gasteiger partial charge on any atom is 0.254 e. The van der Waals surface area contributed by atoms with Crippen LogP contribution < -0.4 is 0 Å². The van der Waals surface area contributed by atoms with Crippen LogP contribution in [0.15, 0.2) is 48.5 Å². The van der Waals surface area contributed by atoms with Gasteiger partial charge < -0.3 is 10.0 Å². The first-order valence-corrected chi connectivity index (χ1v) is 7.62. The van der Waals surface area contributed by atoms with Gasteiger partial charge in [0.1, 0.15) is 0 Å². The van der Waals surface area contributed by atoms with Crippen LogP contribution in [0.1, 0.15) is 28.9 Å². The predicted molar refractivity (Wildman–Crippen MR) is 89.4 cm³/mol. The zero-order valence-corrected chi connectivity index (χ0v) is 13.8. The topological polar surface area (TPSA) is 40.5 Å². The van der Waals surface area contributed by atoms with Crippen LogP contribution in [0.4, 0.5) is 0 Å². The van der Waals surface area contributed by atoms with Gasteiger partial charge in [-0.15, -0.1) is 0 Å². The second-order valence-corrected chi connectivity index (χ2v) is 6.04. The van der Waals surface area contributed by atoms with Crippen LogP contribution in [0, 0.1) is 0 Å². The molecule has 1 N–H and O–H groups in total. The summed E-state index contributed by atoms with van der Waals surface area (Å²) < 4.78 is 0. The van der Waals surface area contributed by atoms with E-state index in [2.05, 4.69) is 0 Å². The Morgan fingerprint density at radius 2 is 1.64 bits per heavy atom. The minimum Gasteiger partial charge on any atom is -0.386 e. The van der Waals surface area contributed by atoms with Crippen molar-refractivity contribution in [2.45, 2.75) is 19.1 Å². The minimum atomic E-state index is -0.773. The minimum absolute atomic E-state index is 0.244. The fourth-order valence-corrected chi connectivity index (χ4v) is 2.73. The summed E-state index contributed by atoms with van der Waals surface area (Å²) in [7, 11) is 1.65. The molecule has 0 aromatic heterocycles. The van der Waals surface area contributed by atoms with Gasteiger partial charge in [0.05, 0.1) is 12.1 Å². The van der Waals surface area contributed by atoms with E-state index in [9.17, 15) is 9.90 Å². The van der Waals surface area contributed by atoms with Crippen molar-refractivity contribution in [2.75, 3.05) is 7.05 Å². The molecule has 0 aliphatic heterocycles. The molecule has 1 amide bonds. The van der Waals surface area contributed by atoms with Gasteiger partial charge in [-0.2, -0.15) is 0 Å². The third-order valence-electron chi connectivity index (χ3n) is 3.64. The highest BCUT2D eigenvalue weighted by atomic mass is 35.5. The Bertz CT molecular complexity index is 641. The van der Waals surface area contributed by atoms with Crippen molar-refractivity contribution in [1.82, 2.24) is 4.90 Å². The van der Waals surface area contributed by atoms with E-state index in [1.165, 1.54) is 4.90 Å². The average Bonchev–Trinajstić information content (AvgIpc) is 2.52. The summed E-state index contributed by atoms with van der Waals surface area (Å²) in [5, 5.41) is 11.2. The largest absolute Gasteiger partial charge is 0.386 e. The van der Waals surface area contributed by atoms with Gasteiger partial charge >= 0.3 is 0 Å². The molecular formula is C17H17Cl2NO2. The number of carbonyl (C=O) groups excluding carboxylic acids is 1. The molecular weight excluding hydrogens is 321 g/mol. The second-order valence-electron chi connectivity index (χ2n) is 5.17. The molecule has 3 nitrogen and oxygen atoms in total. The summed E-state index contributed by atoms with van der Waals surface area (Å²) >= 11 is 11.9. The number of aliphatic hydroxyl groups excluding tert-OH is 1. The summed E-state index contributed by atoms with van der Waals surface area (Å²) in [6.45, 7) is 1.79. The van der Waals surface area contributed by atoms with Crippen molar-refractivity contribution in [3.05, 3.63) is 69.7 Å². The highest BCUT2D eigenvalue weighted by Crippen LogP contribution is 2.24. The SMILES string of the molecule is CC(C(O)c1ccccc1)N(C)C(=O)c1cc(Cl)cc(Cl)c1. The van der Waals surface area contributed by atoms with Crippen LogP contribution >= 0.6 is 23.2 Å². The number of aliphatic hydroxyl groups is 1. The number of carbonyl (C=O) groups is 1. The lowest BCUT2D eigenvalue weighted by molar-refractivity contribution is 0.0487. The zero-order chi connectivity index (χ0) is 16.3. The van der Waals surface area contributed by atoms with Crippen molar-refractivity contribution < 1.29 is 9.90 Å². The first-order valence-electron chi connectivity index (χ1n) is 6.86. The van der Waals surface area contributed by atoms with Crippen molar-refractivity contribution in [1.29, 1.82) is 0 Å². The highest BCUT2D eigenvalue weighted by Gasteiger charge is 2.25. The van der Waals surface area contributed by atoms with E-state index < -0.39 is 12.1 Å². The van der Waals surface area contributed by atoms with E-state index in [0.717, 1.165) is 5.56 Å². The van der Waals surface area contributed by atoms with Gasteiger partial charge in [-0.1, -0.05) is 53.5 Å². The van der Waals surface area contributed by atoms with Crippen LogP contribution in [0.25, 0.3) is 0 Å². The van der Waals surface area contributed by atoms with Crippen LogP contribution in [0.2, 0.25) is 10.0 Å². The molecule has 0 aliphatic rings. The van der Waals surface area contributed by atoms with Crippen molar-refractivity contribution in [3.8, 4) is 0 Å². The molecule has 5 heteroatoms. The lowest BCUT2D eigenvalue weighted by Gasteiger charge is -2.29. The molecule has 0 spiro atoms. The van der Waals surface area contributed by atoms with Crippen LogP contribution in [0.5, 0.6) is 0 Å². The first kappa shape index (κ1) is 16.8. The maximum atomic E-state index is 12.5. The summed E-state index contributed by atoms with van der Waals surface area (Å²) in [6.07, 6.45) is -0.773. The number of hydrogen-bond donors (Lipinski definition) is 1. The molecule has 0 saturated carbocycles. The van der Waals surface area contributed by atoms with Gasteiger partial charge in [-0.05, 0) is 30.7 Å². The standard InChI is InChI=1S/C17H17Cl2NO2/c1-11(16(21)12-6-4-3-5-7-12)20(2)17(22)13-8-14(18)10-15(19)9-13/h3-11,16,21H,1-2H3. The number of rotatable bonds is 4. The maximum absolute atomic E-state index is 12.5. The lowest BCUT2D eigenvalue weighted by Crippen LogP contribution is -2.39. The Balaban J connectivity index is 2.19. The van der Waals surface area contributed by atoms with E-state index in [4.69, 9.17) is 23.2 Å². The molecule has 2 aromatic carbocycles. The smallest absolute Gasteiger partial charge is 0.254 e. The Hall–Kier alpha value is -1.55. The molecule has 0 bridgehead atoms. The summed E-state index contributed by atoms with van der Waals surface area (Å²) in [5.74, 6) is -0.244. The Labute approximate surface area is 140 Å². The fourth-order valence-electron chi connectivity index (χ4n) is 2.21. The normalized spacial score (nSPS) is 13.5. The number of hydrogen-bond acceptors (Lipinski definition) is 2. The van der Waals surface area contributed by atoms with E-state index in [1.807, 2.05) is 30.3 Å². The Morgan fingerprint density at radius 1 is 1.09 bits per heavy atom. The fraction of sp³-hybridized carbons (Fsp3) is 0.235. The molecule has 2 atom stereocenters. The molecule has 0 fully saturated rings. The molecule has 116 valence electrons. The van der Waals surface area contributed by atoms with E-state index in [-0.39, 0.29) is 5.91 Å². The van der Waals surface area contributed by atoms with Crippen LogP contribution in [-0.2, 0) is 0 Å². The average molecular weight is 338 g/mol. The van der Waals surface area contributed by atoms with Crippen LogP contribution in [-0.4, -0.2) is 29.0 Å². The summed E-state index contributed by atoms with van der Waals surface area (Å²) in [5.41, 5.74) is 1.16. The number of benzene rings is 2. The molecule has 2 rings (SSSR count). The lowest BCUT2D eigenvalue weighted by atomic mass is 10.0. The number of halogens is 2. The van der Waals surface area contributed by atoms with E-state index in [0.29, 0.717) is 15.6 Å². The van der Waals surface area contributed by atoms with Gasteiger partial charge in [-0.25, -0.2) is 0 Å². The van der Waals surface area contributed by atoms with Crippen molar-refractivity contribution in [3.63, 3.8) is 0 Å². The molecule has 0 heterocycles. The van der Waals surface area contributed by atoms with E-state index >= 15 is 0 Å². The van der Waals surface area contributed by atoms with Crippen LogP contribution in [0.3, 0.4) is 0 Å². The third-order valence-corrected chi connectivity index (χ3v) is 4.08. The first-order chi connectivity index (χ1) is 10.4. The third kappa shape index (κ3) is 3.80.